The lowest BCUT2D eigenvalue weighted by molar-refractivity contribution is -0.384. The molecule has 0 aliphatic heterocycles. The van der Waals surface area contributed by atoms with Crippen LogP contribution in [0.25, 0.3) is 17.2 Å². The number of ether oxygens (including phenoxy) is 1. The Labute approximate surface area is 232 Å². The van der Waals surface area contributed by atoms with E-state index in [0.717, 1.165) is 10.1 Å². The summed E-state index contributed by atoms with van der Waals surface area (Å²) in [6, 6.07) is 13.2. The van der Waals surface area contributed by atoms with Gasteiger partial charge in [-0.3, -0.25) is 24.0 Å². The highest BCUT2D eigenvalue weighted by molar-refractivity contribution is 6.41. The van der Waals surface area contributed by atoms with Gasteiger partial charge in [0.05, 0.1) is 22.7 Å². The Morgan fingerprint density at radius 3 is 2.58 bits per heavy atom. The van der Waals surface area contributed by atoms with Crippen molar-refractivity contribution in [2.24, 2.45) is 19.2 Å². The molecule has 2 aromatic carbocycles. The number of aryl methyl sites for hydroxylation is 2. The van der Waals surface area contributed by atoms with E-state index in [1.165, 1.54) is 53.7 Å². The van der Waals surface area contributed by atoms with Crippen LogP contribution in [-0.4, -0.2) is 47.6 Å². The minimum Gasteiger partial charge on any atom is -0.491 e. The topological polar surface area (TPSA) is 159 Å². The molecule has 4 rings (SSSR count). The molecule has 0 aliphatic rings. The van der Waals surface area contributed by atoms with Gasteiger partial charge < -0.3 is 14.4 Å². The third-order valence-corrected chi connectivity index (χ3v) is 6.23. The summed E-state index contributed by atoms with van der Waals surface area (Å²) in [5.41, 5.74) is 3.23. The van der Waals surface area contributed by atoms with Crippen LogP contribution in [0.15, 0.2) is 68.3 Å². The SMILES string of the molecule is Cc1ccccc1OC[C@H](O)Cn1c(N/N=C\C(Cl)=C\c2ccc([N+](=O)[O-])cc2)nc2c1c(=O)n(C)c(=O)n2C. The molecule has 4 aromatic rings. The predicted molar refractivity (Wildman–Crippen MR) is 152 cm³/mol. The number of nitro benzene ring substituents is 1. The van der Waals surface area contributed by atoms with Gasteiger partial charge in [0.2, 0.25) is 5.95 Å². The van der Waals surface area contributed by atoms with Gasteiger partial charge in [-0.25, -0.2) is 10.2 Å². The lowest BCUT2D eigenvalue weighted by atomic mass is 10.2. The number of benzene rings is 2. The number of aliphatic hydroxyl groups excluding tert-OH is 1. The number of nitrogens with zero attached hydrogens (tertiary/aromatic N) is 6. The van der Waals surface area contributed by atoms with E-state index in [9.17, 15) is 24.8 Å². The number of allylic oxidation sites excluding steroid dienone is 1. The lowest BCUT2D eigenvalue weighted by Gasteiger charge is -2.16. The van der Waals surface area contributed by atoms with Gasteiger partial charge in [0, 0.05) is 26.2 Å². The monoisotopic (exact) mass is 567 g/mol. The summed E-state index contributed by atoms with van der Waals surface area (Å²) in [7, 11) is 2.84. The number of hydrogen-bond donors (Lipinski definition) is 2. The smallest absolute Gasteiger partial charge is 0.332 e. The maximum absolute atomic E-state index is 13.0. The second-order valence-electron chi connectivity index (χ2n) is 8.90. The van der Waals surface area contributed by atoms with Crippen molar-refractivity contribution >= 4 is 46.7 Å². The number of aliphatic hydroxyl groups is 1. The fraction of sp³-hybridized carbons (Fsp3) is 0.231. The van der Waals surface area contributed by atoms with E-state index in [2.05, 4.69) is 15.5 Å². The quantitative estimate of drug-likeness (QED) is 0.168. The van der Waals surface area contributed by atoms with Crippen LogP contribution in [0, 0.1) is 17.0 Å². The van der Waals surface area contributed by atoms with E-state index >= 15 is 0 Å². The number of non-ortho nitro benzene ring substituents is 1. The first-order chi connectivity index (χ1) is 19.1. The van der Waals surface area contributed by atoms with Crippen molar-refractivity contribution in [3.05, 3.63) is 95.6 Å². The number of hydrazone groups is 1. The molecule has 2 heterocycles. The van der Waals surface area contributed by atoms with Crippen molar-refractivity contribution in [1.82, 2.24) is 18.7 Å². The molecule has 2 aromatic heterocycles. The molecule has 0 radical (unpaired) electrons. The largest absolute Gasteiger partial charge is 0.491 e. The highest BCUT2D eigenvalue weighted by Gasteiger charge is 2.21. The van der Waals surface area contributed by atoms with Crippen LogP contribution in [0.4, 0.5) is 11.6 Å². The zero-order valence-corrected chi connectivity index (χ0v) is 22.6. The Morgan fingerprint density at radius 1 is 1.20 bits per heavy atom. The van der Waals surface area contributed by atoms with Crippen LogP contribution in [-0.2, 0) is 20.6 Å². The summed E-state index contributed by atoms with van der Waals surface area (Å²) >= 11 is 6.25. The van der Waals surface area contributed by atoms with Gasteiger partial charge in [-0.15, -0.1) is 0 Å². The maximum atomic E-state index is 13.0. The number of para-hydroxylation sites is 1. The summed E-state index contributed by atoms with van der Waals surface area (Å²) < 4.78 is 9.35. The average molecular weight is 568 g/mol. The first-order valence-electron chi connectivity index (χ1n) is 12.0. The molecule has 0 saturated heterocycles. The minimum absolute atomic E-state index is 0.0467. The molecule has 0 amide bonds. The van der Waals surface area contributed by atoms with E-state index in [1.807, 2.05) is 25.1 Å². The molecule has 0 saturated carbocycles. The van der Waals surface area contributed by atoms with Crippen LogP contribution < -0.4 is 21.4 Å². The highest BCUT2D eigenvalue weighted by Crippen LogP contribution is 2.19. The molecule has 1 atom stereocenters. The normalized spacial score (nSPS) is 12.7. The van der Waals surface area contributed by atoms with E-state index in [-0.39, 0.29) is 41.0 Å². The molecular weight excluding hydrogens is 542 g/mol. The zero-order valence-electron chi connectivity index (χ0n) is 21.8. The van der Waals surface area contributed by atoms with Crippen LogP contribution in [0.3, 0.4) is 0 Å². The summed E-state index contributed by atoms with van der Waals surface area (Å²) in [6.07, 6.45) is 1.78. The van der Waals surface area contributed by atoms with Crippen molar-refractivity contribution in [2.45, 2.75) is 19.6 Å². The van der Waals surface area contributed by atoms with Crippen molar-refractivity contribution in [1.29, 1.82) is 0 Å². The van der Waals surface area contributed by atoms with Gasteiger partial charge in [0.25, 0.3) is 11.2 Å². The maximum Gasteiger partial charge on any atom is 0.332 e. The van der Waals surface area contributed by atoms with Gasteiger partial charge in [-0.1, -0.05) is 29.8 Å². The van der Waals surface area contributed by atoms with E-state index < -0.39 is 22.3 Å². The van der Waals surface area contributed by atoms with Crippen molar-refractivity contribution in [3.8, 4) is 5.75 Å². The number of nitrogens with one attached hydrogen (secondary N) is 1. The third kappa shape index (κ3) is 6.11. The molecule has 14 heteroatoms. The fourth-order valence-electron chi connectivity index (χ4n) is 3.92. The number of hydrogen-bond acceptors (Lipinski definition) is 9. The van der Waals surface area contributed by atoms with Crippen LogP contribution in [0.5, 0.6) is 5.75 Å². The lowest BCUT2D eigenvalue weighted by Crippen LogP contribution is -2.38. The second-order valence-corrected chi connectivity index (χ2v) is 9.34. The average Bonchev–Trinajstić information content (AvgIpc) is 3.28. The molecule has 208 valence electrons. The molecular formula is C26H26ClN7O6. The number of nitro groups is 1. The highest BCUT2D eigenvalue weighted by atomic mass is 35.5. The molecule has 0 bridgehead atoms. The molecule has 0 aliphatic carbocycles. The minimum atomic E-state index is -1.05. The van der Waals surface area contributed by atoms with Gasteiger partial charge >= 0.3 is 5.69 Å². The molecule has 0 spiro atoms. The molecule has 0 unspecified atom stereocenters. The summed E-state index contributed by atoms with van der Waals surface area (Å²) in [4.78, 5) is 40.2. The Bertz CT molecular complexity index is 1740. The predicted octanol–water partition coefficient (Wildman–Crippen LogP) is 2.77. The number of fused-ring (bicyclic) bond motifs is 1. The van der Waals surface area contributed by atoms with Crippen molar-refractivity contribution in [2.75, 3.05) is 12.0 Å². The zero-order chi connectivity index (χ0) is 29.0. The number of halogens is 1. The van der Waals surface area contributed by atoms with E-state index in [0.29, 0.717) is 11.3 Å². The number of imidazole rings is 1. The first-order valence-corrected chi connectivity index (χ1v) is 12.4. The van der Waals surface area contributed by atoms with Gasteiger partial charge in [0.1, 0.15) is 18.5 Å². The van der Waals surface area contributed by atoms with Crippen molar-refractivity contribution < 1.29 is 14.8 Å². The van der Waals surface area contributed by atoms with Crippen LogP contribution in [0.2, 0.25) is 0 Å². The van der Waals surface area contributed by atoms with Crippen molar-refractivity contribution in [3.63, 3.8) is 0 Å². The fourth-order valence-corrected chi connectivity index (χ4v) is 4.09. The second kappa shape index (κ2) is 12.0. The van der Waals surface area contributed by atoms with E-state index in [4.69, 9.17) is 16.3 Å². The van der Waals surface area contributed by atoms with E-state index in [1.54, 1.807) is 12.1 Å². The molecule has 40 heavy (non-hydrogen) atoms. The van der Waals surface area contributed by atoms with Gasteiger partial charge in [-0.2, -0.15) is 10.1 Å². The first kappa shape index (κ1) is 28.3. The molecule has 0 fully saturated rings. The molecule has 13 nitrogen and oxygen atoms in total. The Balaban J connectivity index is 1.60. The Kier molecular flexibility index (Phi) is 8.46. The molecule has 2 N–H and O–H groups in total. The summed E-state index contributed by atoms with van der Waals surface area (Å²) in [5.74, 6) is 0.701. The van der Waals surface area contributed by atoms with Gasteiger partial charge in [-0.05, 0) is 42.3 Å². The Hall–Kier alpha value is -4.75. The van der Waals surface area contributed by atoms with Gasteiger partial charge in [0.15, 0.2) is 11.2 Å². The summed E-state index contributed by atoms with van der Waals surface area (Å²) in [5, 5.41) is 25.9. The number of anilines is 1. The number of aromatic nitrogens is 4. The number of rotatable bonds is 10. The third-order valence-electron chi connectivity index (χ3n) is 6.03. The van der Waals surface area contributed by atoms with Crippen LogP contribution in [0.1, 0.15) is 11.1 Å². The standard InChI is InChI=1S/C26H26ClN7O6/c1-16-6-4-5-7-21(16)40-15-20(35)14-33-22-23(31(2)26(37)32(3)24(22)36)29-25(33)30-28-13-18(27)12-17-8-10-19(11-9-17)34(38)39/h4-13,20,35H,14-15H2,1-3H3,(H,29,30)/b18-12-,28-13-/t20-/m1/s1. The Morgan fingerprint density at radius 2 is 1.90 bits per heavy atom. The summed E-state index contributed by atoms with van der Waals surface area (Å²) in [6.45, 7) is 1.72. The van der Waals surface area contributed by atoms with Crippen LogP contribution >= 0.6 is 11.6 Å².